The average Bonchev–Trinajstić information content (AvgIpc) is 3.24. The molecule has 1 amide bonds. The number of hydrogen-bond donors (Lipinski definition) is 1. The fourth-order valence-electron chi connectivity index (χ4n) is 4.67. The van der Waals surface area contributed by atoms with Crippen LogP contribution >= 0.6 is 0 Å². The van der Waals surface area contributed by atoms with Crippen LogP contribution in [0.4, 0.5) is 0 Å². The van der Waals surface area contributed by atoms with E-state index in [4.69, 9.17) is 4.98 Å². The van der Waals surface area contributed by atoms with Crippen molar-refractivity contribution in [2.75, 3.05) is 6.54 Å². The number of rotatable bonds is 7. The van der Waals surface area contributed by atoms with Crippen LogP contribution in [0.15, 0.2) is 35.1 Å². The molecule has 1 aliphatic carbocycles. The lowest BCUT2D eigenvalue weighted by Gasteiger charge is -2.29. The van der Waals surface area contributed by atoms with Gasteiger partial charge in [0.15, 0.2) is 0 Å². The van der Waals surface area contributed by atoms with Gasteiger partial charge >= 0.3 is 0 Å². The Bertz CT molecular complexity index is 932. The predicted molar refractivity (Wildman–Crippen MR) is 117 cm³/mol. The molecule has 0 bridgehead atoms. The van der Waals surface area contributed by atoms with E-state index in [1.807, 2.05) is 6.07 Å². The van der Waals surface area contributed by atoms with Gasteiger partial charge in [-0.3, -0.25) is 19.1 Å². The van der Waals surface area contributed by atoms with Crippen LogP contribution in [0.1, 0.15) is 61.7 Å². The topological polar surface area (TPSA) is 67.2 Å². The maximum atomic E-state index is 13.3. The van der Waals surface area contributed by atoms with Gasteiger partial charge in [0.05, 0.1) is 5.69 Å². The molecule has 1 aromatic heterocycles. The second-order valence-electron chi connectivity index (χ2n) is 8.59. The lowest BCUT2D eigenvalue weighted by atomic mass is 10.0. The summed E-state index contributed by atoms with van der Waals surface area (Å²) in [6, 6.07) is 10.7. The summed E-state index contributed by atoms with van der Waals surface area (Å²) in [6.45, 7) is 4.54. The molecule has 1 aromatic carbocycles. The Kier molecular flexibility index (Phi) is 6.62. The zero-order chi connectivity index (χ0) is 20.9. The highest BCUT2D eigenvalue weighted by Crippen LogP contribution is 2.19. The summed E-state index contributed by atoms with van der Waals surface area (Å²) in [7, 11) is 0. The molecule has 0 atom stereocenters. The number of aromatic nitrogens is 2. The minimum atomic E-state index is -0.0652. The first-order chi connectivity index (χ1) is 14.6. The zero-order valence-electron chi connectivity index (χ0n) is 17.9. The summed E-state index contributed by atoms with van der Waals surface area (Å²) < 4.78 is 1.62. The van der Waals surface area contributed by atoms with E-state index in [9.17, 15) is 9.59 Å². The number of aryl methyl sites for hydroxylation is 1. The maximum Gasteiger partial charge on any atom is 0.257 e. The Balaban J connectivity index is 1.53. The minimum Gasteiger partial charge on any atom is -0.352 e. The van der Waals surface area contributed by atoms with E-state index < -0.39 is 0 Å². The molecule has 1 fully saturated rings. The molecule has 6 heteroatoms. The number of fused-ring (bicyclic) bond motifs is 1. The fraction of sp³-hybridized carbons (Fsp3) is 0.542. The van der Waals surface area contributed by atoms with Crippen molar-refractivity contribution in [2.24, 2.45) is 0 Å². The molecule has 30 heavy (non-hydrogen) atoms. The lowest BCUT2D eigenvalue weighted by Crippen LogP contribution is -2.42. The Morgan fingerprint density at radius 1 is 1.20 bits per heavy atom. The van der Waals surface area contributed by atoms with E-state index in [0.29, 0.717) is 19.4 Å². The zero-order valence-corrected chi connectivity index (χ0v) is 17.9. The van der Waals surface area contributed by atoms with Crippen LogP contribution in [-0.4, -0.2) is 32.9 Å². The standard InChI is InChI=1S/C24H32N4O2/c1-2-8-22-26-21-16-27(15-18-9-4-3-5-10-18)14-13-20(21)24(30)28(22)17-23(29)25-19-11-6-7-12-19/h3-5,9-10,19H,2,6-8,11-17H2,1H3,(H,25,29). The molecule has 2 aliphatic rings. The van der Waals surface area contributed by atoms with Gasteiger partial charge in [-0.1, -0.05) is 50.1 Å². The Labute approximate surface area is 178 Å². The van der Waals surface area contributed by atoms with Crippen molar-refractivity contribution in [3.05, 3.63) is 63.3 Å². The molecule has 2 heterocycles. The Morgan fingerprint density at radius 2 is 1.97 bits per heavy atom. The van der Waals surface area contributed by atoms with Crippen molar-refractivity contribution >= 4 is 5.91 Å². The first-order valence-corrected chi connectivity index (χ1v) is 11.3. The van der Waals surface area contributed by atoms with Crippen molar-refractivity contribution in [3.8, 4) is 0 Å². The van der Waals surface area contributed by atoms with Crippen molar-refractivity contribution in [1.29, 1.82) is 0 Å². The second kappa shape index (κ2) is 9.56. The van der Waals surface area contributed by atoms with E-state index in [2.05, 4.69) is 41.4 Å². The van der Waals surface area contributed by atoms with Gasteiger partial charge in [0.25, 0.3) is 5.56 Å². The molecule has 0 unspecified atom stereocenters. The fourth-order valence-corrected chi connectivity index (χ4v) is 4.67. The largest absolute Gasteiger partial charge is 0.352 e. The van der Waals surface area contributed by atoms with Gasteiger partial charge in [-0.2, -0.15) is 0 Å². The van der Waals surface area contributed by atoms with Gasteiger partial charge in [-0.05, 0) is 31.2 Å². The Morgan fingerprint density at radius 3 is 2.70 bits per heavy atom. The molecule has 1 N–H and O–H groups in total. The van der Waals surface area contributed by atoms with Gasteiger partial charge in [0.1, 0.15) is 12.4 Å². The summed E-state index contributed by atoms with van der Waals surface area (Å²) in [5, 5.41) is 3.10. The quantitative estimate of drug-likeness (QED) is 0.765. The number of nitrogens with zero attached hydrogens (tertiary/aromatic N) is 3. The summed E-state index contributed by atoms with van der Waals surface area (Å²) >= 11 is 0. The molecular formula is C24H32N4O2. The molecule has 2 aromatic rings. The predicted octanol–water partition coefficient (Wildman–Crippen LogP) is 2.81. The first kappa shape index (κ1) is 20.8. The van der Waals surface area contributed by atoms with Crippen molar-refractivity contribution < 1.29 is 4.79 Å². The minimum absolute atomic E-state index is 0.0237. The van der Waals surface area contributed by atoms with Gasteiger partial charge in [0.2, 0.25) is 5.91 Å². The number of carbonyl (C=O) groups excluding carboxylic acids is 1. The van der Waals surface area contributed by atoms with Crippen LogP contribution < -0.4 is 10.9 Å². The van der Waals surface area contributed by atoms with Crippen molar-refractivity contribution in [1.82, 2.24) is 19.8 Å². The lowest BCUT2D eigenvalue weighted by molar-refractivity contribution is -0.122. The smallest absolute Gasteiger partial charge is 0.257 e. The highest BCUT2D eigenvalue weighted by molar-refractivity contribution is 5.76. The van der Waals surface area contributed by atoms with E-state index in [1.165, 1.54) is 18.4 Å². The number of benzene rings is 1. The van der Waals surface area contributed by atoms with Crippen molar-refractivity contribution in [3.63, 3.8) is 0 Å². The van der Waals surface area contributed by atoms with E-state index in [1.54, 1.807) is 4.57 Å². The highest BCUT2D eigenvalue weighted by atomic mass is 16.2. The SMILES string of the molecule is CCCc1nc2c(c(=O)n1CC(=O)NC1CCCC1)CCN(Cc1ccccc1)C2. The van der Waals surface area contributed by atoms with E-state index >= 15 is 0 Å². The van der Waals surface area contributed by atoms with Gasteiger partial charge in [-0.25, -0.2) is 4.98 Å². The Hall–Kier alpha value is -2.47. The molecule has 1 saturated carbocycles. The molecule has 0 radical (unpaired) electrons. The molecule has 6 nitrogen and oxygen atoms in total. The highest BCUT2D eigenvalue weighted by Gasteiger charge is 2.25. The molecular weight excluding hydrogens is 376 g/mol. The molecule has 0 spiro atoms. The van der Waals surface area contributed by atoms with Gasteiger partial charge in [0, 0.05) is 37.7 Å². The van der Waals surface area contributed by atoms with Crippen LogP contribution in [-0.2, 0) is 37.3 Å². The molecule has 0 saturated heterocycles. The number of nitrogens with one attached hydrogen (secondary N) is 1. The van der Waals surface area contributed by atoms with Crippen LogP contribution in [0.2, 0.25) is 0 Å². The molecule has 4 rings (SSSR count). The molecule has 160 valence electrons. The first-order valence-electron chi connectivity index (χ1n) is 11.3. The third kappa shape index (κ3) is 4.81. The van der Waals surface area contributed by atoms with Crippen molar-refractivity contribution in [2.45, 2.75) is 77.5 Å². The van der Waals surface area contributed by atoms with Crippen LogP contribution in [0.3, 0.4) is 0 Å². The number of hydrogen-bond acceptors (Lipinski definition) is 4. The van der Waals surface area contributed by atoms with E-state index in [0.717, 1.165) is 49.4 Å². The summed E-state index contributed by atoms with van der Waals surface area (Å²) in [6.07, 6.45) is 6.72. The van der Waals surface area contributed by atoms with Crippen LogP contribution in [0.5, 0.6) is 0 Å². The van der Waals surface area contributed by atoms with Crippen LogP contribution in [0.25, 0.3) is 0 Å². The third-order valence-electron chi connectivity index (χ3n) is 6.22. The summed E-state index contributed by atoms with van der Waals surface area (Å²) in [4.78, 5) is 33.1. The normalized spacial score (nSPS) is 17.1. The summed E-state index contributed by atoms with van der Waals surface area (Å²) in [5.74, 6) is 0.675. The maximum absolute atomic E-state index is 13.3. The van der Waals surface area contributed by atoms with Crippen LogP contribution in [0, 0.1) is 0 Å². The molecule has 1 aliphatic heterocycles. The second-order valence-corrected chi connectivity index (χ2v) is 8.59. The van der Waals surface area contributed by atoms with Gasteiger partial charge in [-0.15, -0.1) is 0 Å². The average molecular weight is 409 g/mol. The monoisotopic (exact) mass is 408 g/mol. The third-order valence-corrected chi connectivity index (χ3v) is 6.22. The summed E-state index contributed by atoms with van der Waals surface area (Å²) in [5.41, 5.74) is 2.92. The van der Waals surface area contributed by atoms with Gasteiger partial charge < -0.3 is 5.32 Å². The number of carbonyl (C=O) groups is 1. The number of amides is 1. The van der Waals surface area contributed by atoms with E-state index in [-0.39, 0.29) is 24.1 Å².